The molecule has 0 spiro atoms. The first kappa shape index (κ1) is 24.2. The van der Waals surface area contributed by atoms with Crippen LogP contribution in [0.25, 0.3) is 0 Å². The molecule has 168 valence electrons. The Kier molecular flexibility index (Phi) is 8.88. The molecule has 0 fully saturated rings. The van der Waals surface area contributed by atoms with Crippen molar-refractivity contribution in [2.75, 3.05) is 6.61 Å². The van der Waals surface area contributed by atoms with Crippen molar-refractivity contribution in [1.29, 1.82) is 0 Å². The minimum atomic E-state index is -0.544. The monoisotopic (exact) mass is 428 g/mol. The number of alkyl carbamates (subject to hydrolysis) is 1. The lowest BCUT2D eigenvalue weighted by molar-refractivity contribution is 0.0523. The van der Waals surface area contributed by atoms with Gasteiger partial charge in [-0.3, -0.25) is 4.79 Å². The molecule has 0 radical (unpaired) electrons. The highest BCUT2D eigenvalue weighted by Crippen LogP contribution is 2.15. The Labute approximate surface area is 183 Å². The molecule has 0 aliphatic heterocycles. The van der Waals surface area contributed by atoms with E-state index in [4.69, 9.17) is 14.6 Å². The number of hydrogen-bond acceptors (Lipinski definition) is 5. The van der Waals surface area contributed by atoms with Crippen LogP contribution in [0.5, 0.6) is 5.75 Å². The number of amides is 2. The summed E-state index contributed by atoms with van der Waals surface area (Å²) in [7, 11) is 0. The Morgan fingerprint density at radius 2 is 1.48 bits per heavy atom. The normalized spacial score (nSPS) is 12.0. The van der Waals surface area contributed by atoms with Gasteiger partial charge >= 0.3 is 6.09 Å². The highest BCUT2D eigenvalue weighted by Gasteiger charge is 2.15. The minimum absolute atomic E-state index is 0.0575. The van der Waals surface area contributed by atoms with Crippen molar-refractivity contribution in [2.45, 2.75) is 58.9 Å². The van der Waals surface area contributed by atoms with Crippen LogP contribution in [0, 0.1) is 0 Å². The summed E-state index contributed by atoms with van der Waals surface area (Å²) in [4.78, 5) is 24.1. The molecule has 2 aromatic rings. The lowest BCUT2D eigenvalue weighted by Crippen LogP contribution is -2.32. The molecule has 1 atom stereocenters. The molecule has 2 amide bonds. The molecule has 0 saturated carbocycles. The van der Waals surface area contributed by atoms with E-state index >= 15 is 0 Å². The van der Waals surface area contributed by atoms with E-state index < -0.39 is 11.7 Å². The predicted octanol–water partition coefficient (Wildman–Crippen LogP) is 3.79. The Balaban J connectivity index is 1.80. The fraction of sp³-hybridized carbons (Fsp3) is 0.417. The van der Waals surface area contributed by atoms with Gasteiger partial charge in [0, 0.05) is 31.7 Å². The van der Waals surface area contributed by atoms with Gasteiger partial charge in [0.15, 0.2) is 0 Å². The van der Waals surface area contributed by atoms with Gasteiger partial charge in [-0.25, -0.2) is 4.79 Å². The highest BCUT2D eigenvalue weighted by atomic mass is 16.6. The maximum Gasteiger partial charge on any atom is 0.407 e. The smallest absolute Gasteiger partial charge is 0.407 e. The zero-order valence-electron chi connectivity index (χ0n) is 18.6. The van der Waals surface area contributed by atoms with Crippen LogP contribution in [-0.2, 0) is 17.8 Å². The summed E-state index contributed by atoms with van der Waals surface area (Å²) < 4.78 is 10.9. The van der Waals surface area contributed by atoms with Crippen LogP contribution < -0.4 is 15.4 Å². The number of nitrogens with one attached hydrogen (secondary N) is 2. The highest BCUT2D eigenvalue weighted by molar-refractivity contribution is 5.94. The summed E-state index contributed by atoms with van der Waals surface area (Å²) in [5.41, 5.74) is 1.82. The number of carbonyl (C=O) groups is 2. The van der Waals surface area contributed by atoms with E-state index in [-0.39, 0.29) is 18.6 Å². The van der Waals surface area contributed by atoms with Gasteiger partial charge in [0.25, 0.3) is 5.91 Å². The van der Waals surface area contributed by atoms with Crippen LogP contribution in [0.3, 0.4) is 0 Å². The average molecular weight is 429 g/mol. The third-order valence-electron chi connectivity index (χ3n) is 4.30. The van der Waals surface area contributed by atoms with E-state index in [2.05, 4.69) is 10.6 Å². The van der Waals surface area contributed by atoms with Crippen molar-refractivity contribution in [3.05, 3.63) is 65.2 Å². The van der Waals surface area contributed by atoms with E-state index in [1.54, 1.807) is 24.3 Å². The summed E-state index contributed by atoms with van der Waals surface area (Å²) in [6.45, 7) is 8.14. The van der Waals surface area contributed by atoms with Crippen LogP contribution in [0.4, 0.5) is 4.79 Å². The van der Waals surface area contributed by atoms with Crippen LogP contribution in [0.15, 0.2) is 48.5 Å². The fourth-order valence-corrected chi connectivity index (χ4v) is 2.71. The van der Waals surface area contributed by atoms with Crippen molar-refractivity contribution in [3.8, 4) is 5.75 Å². The molecule has 0 bridgehead atoms. The van der Waals surface area contributed by atoms with Gasteiger partial charge in [-0.05, 0) is 63.1 Å². The van der Waals surface area contributed by atoms with Gasteiger partial charge in [0.1, 0.15) is 11.4 Å². The Morgan fingerprint density at radius 3 is 2.03 bits per heavy atom. The summed E-state index contributed by atoms with van der Waals surface area (Å²) in [5.74, 6) is 0.551. The first-order chi connectivity index (χ1) is 14.7. The zero-order chi connectivity index (χ0) is 22.9. The van der Waals surface area contributed by atoms with Crippen molar-refractivity contribution in [1.82, 2.24) is 10.6 Å². The largest absolute Gasteiger partial charge is 0.491 e. The molecule has 31 heavy (non-hydrogen) atoms. The van der Waals surface area contributed by atoms with Crippen molar-refractivity contribution >= 4 is 12.0 Å². The molecule has 3 N–H and O–H groups in total. The van der Waals surface area contributed by atoms with Gasteiger partial charge in [0.2, 0.25) is 0 Å². The second-order valence-corrected chi connectivity index (χ2v) is 8.32. The SMILES string of the molecule is CC(CCO)Oc1ccc(CNC(=O)c2ccc(CNC(=O)OC(C)(C)C)cc2)cc1. The molecule has 2 rings (SSSR count). The van der Waals surface area contributed by atoms with Crippen molar-refractivity contribution in [3.63, 3.8) is 0 Å². The average Bonchev–Trinajstić information content (AvgIpc) is 2.71. The molecule has 0 aromatic heterocycles. The van der Waals surface area contributed by atoms with E-state index in [1.807, 2.05) is 52.0 Å². The summed E-state index contributed by atoms with van der Waals surface area (Å²) >= 11 is 0. The van der Waals surface area contributed by atoms with Gasteiger partial charge in [-0.1, -0.05) is 24.3 Å². The summed E-state index contributed by atoms with van der Waals surface area (Å²) in [6.07, 6.45) is 0.0414. The second kappa shape index (κ2) is 11.4. The molecule has 0 saturated heterocycles. The Bertz CT molecular complexity index is 842. The van der Waals surface area contributed by atoms with E-state index in [9.17, 15) is 9.59 Å². The standard InChI is InChI=1S/C24H32N2O5/c1-17(13-14-27)30-21-11-7-19(8-12-21)15-25-22(28)20-9-5-18(6-10-20)16-26-23(29)31-24(2,3)4/h5-12,17,27H,13-16H2,1-4H3,(H,25,28)(H,26,29). The third kappa shape index (κ3) is 9.09. The lowest BCUT2D eigenvalue weighted by atomic mass is 10.1. The third-order valence-corrected chi connectivity index (χ3v) is 4.30. The molecular weight excluding hydrogens is 396 g/mol. The maximum absolute atomic E-state index is 12.4. The van der Waals surface area contributed by atoms with Crippen molar-refractivity contribution in [2.24, 2.45) is 0 Å². The summed E-state index contributed by atoms with van der Waals surface area (Å²) in [5, 5.41) is 14.5. The number of aliphatic hydroxyl groups excluding tert-OH is 1. The number of hydrogen-bond donors (Lipinski definition) is 3. The zero-order valence-corrected chi connectivity index (χ0v) is 18.6. The number of benzene rings is 2. The molecule has 7 heteroatoms. The molecule has 0 heterocycles. The van der Waals surface area contributed by atoms with Crippen LogP contribution in [-0.4, -0.2) is 35.4 Å². The molecule has 0 aliphatic rings. The van der Waals surface area contributed by atoms with Gasteiger partial charge in [0.05, 0.1) is 6.10 Å². The minimum Gasteiger partial charge on any atom is -0.491 e. The van der Waals surface area contributed by atoms with Crippen LogP contribution in [0.1, 0.15) is 55.6 Å². The molecule has 2 aromatic carbocycles. The predicted molar refractivity (Wildman–Crippen MR) is 119 cm³/mol. The van der Waals surface area contributed by atoms with E-state index in [0.717, 1.165) is 16.9 Å². The summed E-state index contributed by atoms with van der Waals surface area (Å²) in [6, 6.07) is 14.5. The van der Waals surface area contributed by atoms with E-state index in [1.165, 1.54) is 0 Å². The molecule has 1 unspecified atom stereocenters. The van der Waals surface area contributed by atoms with Gasteiger partial charge < -0.3 is 25.2 Å². The second-order valence-electron chi connectivity index (χ2n) is 8.32. The van der Waals surface area contributed by atoms with Gasteiger partial charge in [-0.15, -0.1) is 0 Å². The van der Waals surface area contributed by atoms with Crippen LogP contribution in [0.2, 0.25) is 0 Å². The molecule has 7 nitrogen and oxygen atoms in total. The molecular formula is C24H32N2O5. The fourth-order valence-electron chi connectivity index (χ4n) is 2.71. The quantitative estimate of drug-likeness (QED) is 0.565. The number of rotatable bonds is 9. The lowest BCUT2D eigenvalue weighted by Gasteiger charge is -2.19. The topological polar surface area (TPSA) is 96.9 Å². The van der Waals surface area contributed by atoms with Crippen LogP contribution >= 0.6 is 0 Å². The Hall–Kier alpha value is -3.06. The number of ether oxygens (including phenoxy) is 2. The molecule has 0 aliphatic carbocycles. The number of aliphatic hydroxyl groups is 1. The van der Waals surface area contributed by atoms with Gasteiger partial charge in [-0.2, -0.15) is 0 Å². The Morgan fingerprint density at radius 1 is 0.935 bits per heavy atom. The van der Waals surface area contributed by atoms with E-state index in [0.29, 0.717) is 25.1 Å². The first-order valence-corrected chi connectivity index (χ1v) is 10.4. The number of carbonyl (C=O) groups excluding carboxylic acids is 2. The first-order valence-electron chi connectivity index (χ1n) is 10.4. The maximum atomic E-state index is 12.4. The van der Waals surface area contributed by atoms with Crippen molar-refractivity contribution < 1.29 is 24.2 Å².